The summed E-state index contributed by atoms with van der Waals surface area (Å²) in [4.78, 5) is 6.89. The van der Waals surface area contributed by atoms with E-state index >= 15 is 0 Å². The normalized spacial score (nSPS) is 11.2. The predicted octanol–water partition coefficient (Wildman–Crippen LogP) is 4.53. The zero-order valence-electron chi connectivity index (χ0n) is 14.6. The zero-order valence-corrected chi connectivity index (χ0v) is 14.6. The van der Waals surface area contributed by atoms with Crippen LogP contribution >= 0.6 is 0 Å². The van der Waals surface area contributed by atoms with Gasteiger partial charge >= 0.3 is 0 Å². The second-order valence-corrected chi connectivity index (χ2v) is 4.80. The number of hydrogen-bond acceptors (Lipinski definition) is 2. The van der Waals surface area contributed by atoms with Crippen molar-refractivity contribution < 1.29 is 0 Å². The summed E-state index contributed by atoms with van der Waals surface area (Å²) < 4.78 is 2.33. The molecule has 1 aliphatic rings. The van der Waals surface area contributed by atoms with Gasteiger partial charge in [-0.2, -0.15) is 0 Å². The quantitative estimate of drug-likeness (QED) is 0.768. The van der Waals surface area contributed by atoms with Crippen LogP contribution in [0.1, 0.15) is 39.0 Å². The van der Waals surface area contributed by atoms with Gasteiger partial charge in [0.15, 0.2) is 0 Å². The number of fused-ring (bicyclic) bond motifs is 3. The highest BCUT2D eigenvalue weighted by atomic mass is 15.3. The van der Waals surface area contributed by atoms with Crippen LogP contribution in [-0.2, 0) is 13.0 Å². The van der Waals surface area contributed by atoms with E-state index in [1.165, 1.54) is 16.9 Å². The van der Waals surface area contributed by atoms with E-state index in [4.69, 9.17) is 4.98 Å². The summed E-state index contributed by atoms with van der Waals surface area (Å²) in [6.45, 7) is 11.1. The van der Waals surface area contributed by atoms with Crippen molar-refractivity contribution in [3.63, 3.8) is 0 Å². The van der Waals surface area contributed by atoms with Crippen molar-refractivity contribution in [3.05, 3.63) is 35.5 Å². The van der Waals surface area contributed by atoms with Crippen LogP contribution in [0, 0.1) is 6.92 Å². The van der Waals surface area contributed by atoms with Gasteiger partial charge in [0, 0.05) is 26.2 Å². The van der Waals surface area contributed by atoms with Crippen molar-refractivity contribution in [2.75, 3.05) is 19.0 Å². The standard InChI is InChI=1S/C14H17N3.2C2H6/c1-10-14(16(2)3)17-9-8-11-6-4-5-7-12(11)13(17)15-10;2*1-2/h4-7H,8-9H2,1-3H3;2*1-2H3. The SMILES string of the molecule is CC.CC.Cc1nc2n(c1N(C)C)CCc1ccccc1-2. The molecular weight excluding hydrogens is 258 g/mol. The molecule has 1 aliphatic heterocycles. The third kappa shape index (κ3) is 3.29. The number of imidazole rings is 1. The first kappa shape index (κ1) is 17.3. The number of rotatable bonds is 1. The van der Waals surface area contributed by atoms with E-state index in [0.717, 1.165) is 24.5 Å². The first-order chi connectivity index (χ1) is 10.2. The Bertz CT molecular complexity index is 568. The van der Waals surface area contributed by atoms with Crippen LogP contribution in [-0.4, -0.2) is 23.6 Å². The molecule has 0 N–H and O–H groups in total. The maximum atomic E-state index is 4.74. The lowest BCUT2D eigenvalue weighted by Gasteiger charge is -2.22. The van der Waals surface area contributed by atoms with E-state index in [2.05, 4.69) is 54.8 Å². The lowest BCUT2D eigenvalue weighted by Crippen LogP contribution is -2.18. The molecule has 3 rings (SSSR count). The highest BCUT2D eigenvalue weighted by Crippen LogP contribution is 2.33. The Kier molecular flexibility index (Phi) is 6.47. The Labute approximate surface area is 129 Å². The van der Waals surface area contributed by atoms with Crippen molar-refractivity contribution in [3.8, 4) is 11.4 Å². The van der Waals surface area contributed by atoms with Gasteiger partial charge in [-0.25, -0.2) is 4.98 Å². The summed E-state index contributed by atoms with van der Waals surface area (Å²) in [6.07, 6.45) is 1.10. The number of benzene rings is 1. The first-order valence-electron chi connectivity index (χ1n) is 8.01. The fraction of sp³-hybridized carbons (Fsp3) is 0.500. The summed E-state index contributed by atoms with van der Waals surface area (Å²) in [5.74, 6) is 2.35. The molecular formula is C18H29N3. The van der Waals surface area contributed by atoms with Crippen molar-refractivity contribution in [1.29, 1.82) is 0 Å². The lowest BCUT2D eigenvalue weighted by atomic mass is 10.0. The molecule has 0 spiro atoms. The molecule has 0 saturated carbocycles. The van der Waals surface area contributed by atoms with Gasteiger partial charge in [-0.05, 0) is 18.9 Å². The topological polar surface area (TPSA) is 21.1 Å². The molecule has 0 saturated heterocycles. The van der Waals surface area contributed by atoms with E-state index in [0.29, 0.717) is 0 Å². The molecule has 0 radical (unpaired) electrons. The van der Waals surface area contributed by atoms with Crippen LogP contribution in [0.15, 0.2) is 24.3 Å². The van der Waals surface area contributed by atoms with Gasteiger partial charge in [0.05, 0.1) is 5.69 Å². The van der Waals surface area contributed by atoms with Gasteiger partial charge in [-0.3, -0.25) is 0 Å². The third-order valence-corrected chi connectivity index (χ3v) is 3.40. The summed E-state index contributed by atoms with van der Waals surface area (Å²) in [5.41, 5.74) is 3.81. The van der Waals surface area contributed by atoms with Gasteiger partial charge in [-0.1, -0.05) is 52.0 Å². The molecule has 0 atom stereocenters. The monoisotopic (exact) mass is 287 g/mol. The maximum absolute atomic E-state index is 4.74. The molecule has 0 unspecified atom stereocenters. The molecule has 3 nitrogen and oxygen atoms in total. The minimum Gasteiger partial charge on any atom is -0.363 e. The molecule has 2 aromatic rings. The minimum atomic E-state index is 1.03. The van der Waals surface area contributed by atoms with Crippen LogP contribution < -0.4 is 4.90 Å². The van der Waals surface area contributed by atoms with Gasteiger partial charge < -0.3 is 9.47 Å². The van der Waals surface area contributed by atoms with Crippen molar-refractivity contribution >= 4 is 5.82 Å². The molecule has 2 heterocycles. The van der Waals surface area contributed by atoms with E-state index < -0.39 is 0 Å². The first-order valence-corrected chi connectivity index (χ1v) is 8.01. The van der Waals surface area contributed by atoms with E-state index in [9.17, 15) is 0 Å². The summed E-state index contributed by atoms with van der Waals surface area (Å²) in [5, 5.41) is 0. The van der Waals surface area contributed by atoms with E-state index in [1.807, 2.05) is 27.7 Å². The van der Waals surface area contributed by atoms with Crippen LogP contribution in [0.3, 0.4) is 0 Å². The van der Waals surface area contributed by atoms with Crippen LogP contribution in [0.4, 0.5) is 5.82 Å². The molecule has 0 fully saturated rings. The highest BCUT2D eigenvalue weighted by Gasteiger charge is 2.22. The Balaban J connectivity index is 0.000000510. The summed E-state index contributed by atoms with van der Waals surface area (Å²) in [6, 6.07) is 8.58. The number of nitrogens with zero attached hydrogens (tertiary/aromatic N) is 3. The summed E-state index contributed by atoms with van der Waals surface area (Å²) in [7, 11) is 4.16. The number of aromatic nitrogens is 2. The number of anilines is 1. The average molecular weight is 287 g/mol. The smallest absolute Gasteiger partial charge is 0.142 e. The van der Waals surface area contributed by atoms with Crippen LogP contribution in [0.5, 0.6) is 0 Å². The number of aryl methyl sites for hydroxylation is 2. The van der Waals surface area contributed by atoms with E-state index in [1.54, 1.807) is 0 Å². The molecule has 0 bridgehead atoms. The molecule has 0 aliphatic carbocycles. The Morgan fingerprint density at radius 2 is 1.67 bits per heavy atom. The second kappa shape index (κ2) is 7.87. The van der Waals surface area contributed by atoms with Crippen LogP contribution in [0.25, 0.3) is 11.4 Å². The molecule has 0 amide bonds. The molecule has 1 aromatic heterocycles. The lowest BCUT2D eigenvalue weighted by molar-refractivity contribution is 0.678. The Morgan fingerprint density at radius 3 is 2.29 bits per heavy atom. The van der Waals surface area contributed by atoms with Gasteiger partial charge in [-0.15, -0.1) is 0 Å². The van der Waals surface area contributed by atoms with Gasteiger partial charge in [0.1, 0.15) is 11.6 Å². The number of hydrogen-bond donors (Lipinski definition) is 0. The van der Waals surface area contributed by atoms with Crippen molar-refractivity contribution in [2.45, 2.75) is 47.6 Å². The highest BCUT2D eigenvalue weighted by molar-refractivity contribution is 5.67. The predicted molar refractivity (Wildman–Crippen MR) is 93.1 cm³/mol. The third-order valence-electron chi connectivity index (χ3n) is 3.40. The van der Waals surface area contributed by atoms with Crippen molar-refractivity contribution in [2.24, 2.45) is 0 Å². The molecule has 3 heteroatoms. The largest absolute Gasteiger partial charge is 0.363 e. The van der Waals surface area contributed by atoms with Gasteiger partial charge in [0.2, 0.25) is 0 Å². The summed E-state index contributed by atoms with van der Waals surface area (Å²) >= 11 is 0. The van der Waals surface area contributed by atoms with Crippen molar-refractivity contribution in [1.82, 2.24) is 9.55 Å². The average Bonchev–Trinajstić information content (AvgIpc) is 2.88. The minimum absolute atomic E-state index is 1.03. The fourth-order valence-corrected chi connectivity index (χ4v) is 2.74. The Morgan fingerprint density at radius 1 is 1.05 bits per heavy atom. The van der Waals surface area contributed by atoms with Gasteiger partial charge in [0.25, 0.3) is 0 Å². The fourth-order valence-electron chi connectivity index (χ4n) is 2.74. The van der Waals surface area contributed by atoms with Crippen LogP contribution in [0.2, 0.25) is 0 Å². The molecule has 116 valence electrons. The zero-order chi connectivity index (χ0) is 16.0. The van der Waals surface area contributed by atoms with E-state index in [-0.39, 0.29) is 0 Å². The Hall–Kier alpha value is -1.77. The molecule has 1 aromatic carbocycles. The molecule has 21 heavy (non-hydrogen) atoms. The maximum Gasteiger partial charge on any atom is 0.142 e. The second-order valence-electron chi connectivity index (χ2n) is 4.80.